The Morgan fingerprint density at radius 2 is 1.96 bits per heavy atom. The minimum absolute atomic E-state index is 0.228. The van der Waals surface area contributed by atoms with Crippen molar-refractivity contribution in [3.63, 3.8) is 0 Å². The molecule has 1 aromatic heterocycles. The first kappa shape index (κ1) is 19.2. The van der Waals surface area contributed by atoms with E-state index in [-0.39, 0.29) is 6.09 Å². The summed E-state index contributed by atoms with van der Waals surface area (Å²) in [6.07, 6.45) is 0.730. The van der Waals surface area contributed by atoms with Crippen LogP contribution < -0.4 is 10.2 Å². The molecule has 1 atom stereocenters. The van der Waals surface area contributed by atoms with Crippen LogP contribution in [0.1, 0.15) is 27.2 Å². The maximum absolute atomic E-state index is 12.3. The second kappa shape index (κ2) is 7.58. The lowest BCUT2D eigenvalue weighted by Gasteiger charge is -2.26. The molecule has 146 valence electrons. The normalized spacial score (nSPS) is 17.2. The van der Waals surface area contributed by atoms with Gasteiger partial charge in [0.2, 0.25) is 0 Å². The lowest BCUT2D eigenvalue weighted by Crippen LogP contribution is -2.36. The van der Waals surface area contributed by atoms with Crippen LogP contribution in [0.2, 0.25) is 0 Å². The van der Waals surface area contributed by atoms with Gasteiger partial charge in [0.15, 0.2) is 11.6 Å². The molecule has 1 amide bonds. The number of rotatable bonds is 4. The summed E-state index contributed by atoms with van der Waals surface area (Å²) < 4.78 is 5.49. The topological polar surface area (TPSA) is 70.6 Å². The van der Waals surface area contributed by atoms with E-state index in [1.807, 2.05) is 59.1 Å². The van der Waals surface area contributed by atoms with Gasteiger partial charge in [0.05, 0.1) is 11.0 Å². The summed E-state index contributed by atoms with van der Waals surface area (Å²) >= 11 is 0. The highest BCUT2D eigenvalue weighted by molar-refractivity contribution is 5.80. The first-order valence-corrected chi connectivity index (χ1v) is 9.40. The monoisotopic (exact) mass is 371 g/mol. The maximum Gasteiger partial charge on any atom is 0.410 e. The van der Waals surface area contributed by atoms with Crippen molar-refractivity contribution in [2.45, 2.75) is 32.8 Å². The molecule has 1 aliphatic heterocycles. The molecule has 1 fully saturated rings. The molecule has 1 saturated heterocycles. The molecule has 1 N–H and O–H groups in total. The molecule has 2 heterocycles. The second-order valence-corrected chi connectivity index (χ2v) is 8.10. The lowest BCUT2D eigenvalue weighted by atomic mass is 10.1. The quantitative estimate of drug-likeness (QED) is 0.889. The van der Waals surface area contributed by atoms with Crippen LogP contribution in [0.25, 0.3) is 11.0 Å². The Kier molecular flexibility index (Phi) is 5.39. The van der Waals surface area contributed by atoms with Crippen LogP contribution in [-0.4, -0.2) is 60.3 Å². The fourth-order valence-electron chi connectivity index (χ4n) is 3.37. The lowest BCUT2D eigenvalue weighted by molar-refractivity contribution is 0.0288. The van der Waals surface area contributed by atoms with Crippen molar-refractivity contribution in [3.05, 3.63) is 24.3 Å². The highest BCUT2D eigenvalue weighted by Gasteiger charge is 2.30. The van der Waals surface area contributed by atoms with Gasteiger partial charge in [0.25, 0.3) is 0 Å². The Labute approximate surface area is 160 Å². The van der Waals surface area contributed by atoms with Crippen molar-refractivity contribution in [3.8, 4) is 0 Å². The Morgan fingerprint density at radius 3 is 2.59 bits per heavy atom. The van der Waals surface area contributed by atoms with Crippen molar-refractivity contribution in [2.24, 2.45) is 5.92 Å². The van der Waals surface area contributed by atoms with Crippen molar-refractivity contribution >= 4 is 28.8 Å². The number of carbonyl (C=O) groups is 1. The van der Waals surface area contributed by atoms with E-state index < -0.39 is 5.60 Å². The summed E-state index contributed by atoms with van der Waals surface area (Å²) in [5, 5.41) is 3.15. The highest BCUT2D eigenvalue weighted by Crippen LogP contribution is 2.26. The molecule has 2 aromatic rings. The van der Waals surface area contributed by atoms with E-state index >= 15 is 0 Å². The van der Waals surface area contributed by atoms with E-state index in [9.17, 15) is 4.79 Å². The Balaban J connectivity index is 1.68. The van der Waals surface area contributed by atoms with Crippen LogP contribution in [-0.2, 0) is 4.74 Å². The van der Waals surface area contributed by atoms with Crippen LogP contribution in [0, 0.1) is 5.92 Å². The molecule has 3 rings (SSSR count). The third-order valence-corrected chi connectivity index (χ3v) is 4.62. The van der Waals surface area contributed by atoms with Gasteiger partial charge in [-0.25, -0.2) is 14.8 Å². The summed E-state index contributed by atoms with van der Waals surface area (Å²) in [5.41, 5.74) is 1.28. The number of likely N-dealkylation sites (tertiary alicyclic amines) is 1. The minimum atomic E-state index is -0.464. The first-order chi connectivity index (χ1) is 12.8. The molecule has 0 saturated carbocycles. The number of benzene rings is 1. The van der Waals surface area contributed by atoms with Crippen molar-refractivity contribution in [2.75, 3.05) is 43.9 Å². The molecule has 0 spiro atoms. The molecule has 0 radical (unpaired) electrons. The number of carbonyl (C=O) groups excluding carboxylic acids is 1. The number of nitrogens with one attached hydrogen (secondary N) is 1. The van der Waals surface area contributed by atoms with Crippen molar-refractivity contribution < 1.29 is 9.53 Å². The van der Waals surface area contributed by atoms with Gasteiger partial charge < -0.3 is 19.9 Å². The zero-order valence-corrected chi connectivity index (χ0v) is 16.8. The summed E-state index contributed by atoms with van der Waals surface area (Å²) in [5.74, 6) is 1.96. The number of fused-ring (bicyclic) bond motifs is 1. The van der Waals surface area contributed by atoms with Gasteiger partial charge >= 0.3 is 6.09 Å². The number of anilines is 2. The molecular weight excluding hydrogens is 342 g/mol. The average Bonchev–Trinajstić information content (AvgIpc) is 3.07. The highest BCUT2D eigenvalue weighted by atomic mass is 16.6. The number of aromatic nitrogens is 2. The van der Waals surface area contributed by atoms with E-state index in [4.69, 9.17) is 9.72 Å². The molecule has 0 unspecified atom stereocenters. The zero-order valence-electron chi connectivity index (χ0n) is 16.8. The van der Waals surface area contributed by atoms with Gasteiger partial charge in [-0.05, 0) is 45.2 Å². The Morgan fingerprint density at radius 1 is 1.30 bits per heavy atom. The number of para-hydroxylation sites is 2. The van der Waals surface area contributed by atoms with E-state index in [1.165, 1.54) is 0 Å². The largest absolute Gasteiger partial charge is 0.444 e. The van der Waals surface area contributed by atoms with Crippen LogP contribution in [0.5, 0.6) is 0 Å². The molecule has 7 heteroatoms. The van der Waals surface area contributed by atoms with Gasteiger partial charge in [-0.1, -0.05) is 12.1 Å². The van der Waals surface area contributed by atoms with Crippen molar-refractivity contribution in [1.29, 1.82) is 0 Å². The van der Waals surface area contributed by atoms with Gasteiger partial charge in [0, 0.05) is 33.7 Å². The van der Waals surface area contributed by atoms with Gasteiger partial charge in [-0.2, -0.15) is 0 Å². The van der Waals surface area contributed by atoms with Gasteiger partial charge in [-0.3, -0.25) is 0 Å². The second-order valence-electron chi connectivity index (χ2n) is 8.10. The SMILES string of the molecule is CNc1nc2ccccc2nc1N(C)C[C@@H]1CCN(C(=O)OC(C)(C)C)C1. The molecule has 27 heavy (non-hydrogen) atoms. The van der Waals surface area contributed by atoms with Crippen LogP contribution in [0.4, 0.5) is 16.4 Å². The minimum Gasteiger partial charge on any atom is -0.444 e. The van der Waals surface area contributed by atoms with Gasteiger partial charge in [-0.15, -0.1) is 0 Å². The molecular formula is C20H29N5O2. The van der Waals surface area contributed by atoms with E-state index in [0.29, 0.717) is 12.5 Å². The van der Waals surface area contributed by atoms with E-state index in [2.05, 4.69) is 15.2 Å². The molecule has 0 aliphatic carbocycles. The molecule has 0 bridgehead atoms. The number of hydrogen-bond donors (Lipinski definition) is 1. The standard InChI is InChI=1S/C20H29N5O2/c1-20(2,3)27-19(26)25-11-10-14(13-25)12-24(5)18-17(21-4)22-15-8-6-7-9-16(15)23-18/h6-9,14H,10-13H2,1-5H3,(H,21,22)/t14-/m0/s1. The first-order valence-electron chi connectivity index (χ1n) is 9.40. The fourth-order valence-corrected chi connectivity index (χ4v) is 3.37. The number of hydrogen-bond acceptors (Lipinski definition) is 6. The van der Waals surface area contributed by atoms with Gasteiger partial charge in [0.1, 0.15) is 5.60 Å². The summed E-state index contributed by atoms with van der Waals surface area (Å²) in [6.45, 7) is 7.92. The Hall–Kier alpha value is -2.57. The fraction of sp³-hybridized carbons (Fsp3) is 0.550. The third kappa shape index (κ3) is 4.59. The number of nitrogens with zero attached hydrogens (tertiary/aromatic N) is 4. The average molecular weight is 371 g/mol. The number of amides is 1. The Bertz CT molecular complexity index is 818. The van der Waals surface area contributed by atoms with E-state index in [0.717, 1.165) is 42.2 Å². The number of ether oxygens (including phenoxy) is 1. The predicted molar refractivity (Wildman–Crippen MR) is 108 cm³/mol. The maximum atomic E-state index is 12.3. The smallest absolute Gasteiger partial charge is 0.410 e. The van der Waals surface area contributed by atoms with Crippen LogP contribution >= 0.6 is 0 Å². The van der Waals surface area contributed by atoms with E-state index in [1.54, 1.807) is 4.90 Å². The van der Waals surface area contributed by atoms with Crippen LogP contribution in [0.3, 0.4) is 0 Å². The van der Waals surface area contributed by atoms with Crippen molar-refractivity contribution in [1.82, 2.24) is 14.9 Å². The molecule has 1 aromatic carbocycles. The van der Waals surface area contributed by atoms with Crippen LogP contribution in [0.15, 0.2) is 24.3 Å². The molecule has 7 nitrogen and oxygen atoms in total. The molecule has 1 aliphatic rings. The predicted octanol–water partition coefficient (Wildman–Crippen LogP) is 3.36. The zero-order chi connectivity index (χ0) is 19.6. The summed E-state index contributed by atoms with van der Waals surface area (Å²) in [4.78, 5) is 25.6. The summed E-state index contributed by atoms with van der Waals surface area (Å²) in [7, 11) is 3.88. The third-order valence-electron chi connectivity index (χ3n) is 4.62. The summed E-state index contributed by atoms with van der Waals surface area (Å²) in [6, 6.07) is 7.86.